The summed E-state index contributed by atoms with van der Waals surface area (Å²) in [5, 5.41) is 41.5. The van der Waals surface area contributed by atoms with E-state index in [1.807, 2.05) is 0 Å². The molecule has 0 aliphatic heterocycles. The second kappa shape index (κ2) is 13.6. The molecule has 0 amide bonds. The highest BCUT2D eigenvalue weighted by Gasteiger charge is 2.30. The molecule has 43 heavy (non-hydrogen) atoms. The molecule has 4 rings (SSSR count). The van der Waals surface area contributed by atoms with Gasteiger partial charge in [0.05, 0.1) is 35.9 Å². The molecule has 4 aromatic rings. The lowest BCUT2D eigenvalue weighted by molar-refractivity contribution is -0.137. The fraction of sp³-hybridized carbons (Fsp3) is 0.462. The van der Waals surface area contributed by atoms with Gasteiger partial charge in [-0.25, -0.2) is 13.5 Å². The van der Waals surface area contributed by atoms with Crippen LogP contribution in [0.15, 0.2) is 49.1 Å². The van der Waals surface area contributed by atoms with Crippen LogP contribution in [0.4, 0.5) is 22.0 Å². The predicted molar refractivity (Wildman–Crippen MR) is 141 cm³/mol. The minimum Gasteiger partial charge on any atom is -0.373 e. The highest BCUT2D eigenvalue weighted by Crippen LogP contribution is 2.29. The molecule has 0 saturated heterocycles. The molecule has 12 nitrogen and oxygen atoms in total. The summed E-state index contributed by atoms with van der Waals surface area (Å²) in [4.78, 5) is 8.01. The number of aromatic nitrogens is 8. The number of rotatable bonds is 14. The van der Waals surface area contributed by atoms with Crippen molar-refractivity contribution in [1.82, 2.24) is 50.6 Å². The van der Waals surface area contributed by atoms with Crippen molar-refractivity contribution in [3.8, 4) is 0 Å². The van der Waals surface area contributed by atoms with Gasteiger partial charge in [0, 0.05) is 38.4 Å². The summed E-state index contributed by atoms with van der Waals surface area (Å²) >= 11 is 0. The first kappa shape index (κ1) is 32.0. The van der Waals surface area contributed by atoms with E-state index in [-0.39, 0.29) is 49.7 Å². The number of hydrogen-bond acceptors (Lipinski definition) is 10. The van der Waals surface area contributed by atoms with Gasteiger partial charge in [-0.05, 0) is 43.7 Å². The third-order valence-corrected chi connectivity index (χ3v) is 6.33. The zero-order valence-corrected chi connectivity index (χ0v) is 23.2. The Balaban J connectivity index is 1.21. The van der Waals surface area contributed by atoms with Crippen LogP contribution in [-0.4, -0.2) is 56.3 Å². The molecule has 0 spiro atoms. The topological polar surface area (TPSA) is 152 Å². The average molecular weight is 611 g/mol. The molecule has 4 heterocycles. The summed E-state index contributed by atoms with van der Waals surface area (Å²) in [5.41, 5.74) is -1.07. The third-order valence-electron chi connectivity index (χ3n) is 6.33. The summed E-state index contributed by atoms with van der Waals surface area (Å²) in [6.45, 7) is 2.82. The number of pyridine rings is 2. The normalized spacial score (nSPS) is 14.5. The Morgan fingerprint density at radius 2 is 1.33 bits per heavy atom. The van der Waals surface area contributed by atoms with Gasteiger partial charge in [0.2, 0.25) is 0 Å². The highest BCUT2D eigenvalue weighted by atomic mass is 19.4. The number of aliphatic hydroxyl groups excluding tert-OH is 2. The molecule has 0 aliphatic carbocycles. The SMILES string of the molecule is CC(C)(F)c1ccnc(CNC(O)c2cn(CCC(F)Cn3cc(C(O)NCc4cc(C(F)(F)F)ccn4)nn3)nn2)c1. The van der Waals surface area contributed by atoms with E-state index < -0.39 is 36.0 Å². The number of aryl methyl sites for hydroxylation is 1. The maximum absolute atomic E-state index is 14.7. The number of alkyl halides is 5. The zero-order chi connectivity index (χ0) is 31.2. The van der Waals surface area contributed by atoms with E-state index in [9.17, 15) is 32.2 Å². The minimum atomic E-state index is -4.52. The van der Waals surface area contributed by atoms with Gasteiger partial charge >= 0.3 is 6.18 Å². The molecular weight excluding hydrogens is 579 g/mol. The first-order valence-corrected chi connectivity index (χ1v) is 13.2. The summed E-state index contributed by atoms with van der Waals surface area (Å²) in [6, 6.07) is 4.90. The van der Waals surface area contributed by atoms with Gasteiger partial charge in [-0.2, -0.15) is 13.2 Å². The van der Waals surface area contributed by atoms with Crippen molar-refractivity contribution in [2.45, 2.75) is 76.9 Å². The summed E-state index contributed by atoms with van der Waals surface area (Å²) in [6.07, 6.45) is -3.11. The van der Waals surface area contributed by atoms with Gasteiger partial charge in [0.15, 0.2) is 12.5 Å². The van der Waals surface area contributed by atoms with Crippen molar-refractivity contribution in [2.75, 3.05) is 0 Å². The zero-order valence-electron chi connectivity index (χ0n) is 23.2. The summed E-state index contributed by atoms with van der Waals surface area (Å²) in [7, 11) is 0. The molecule has 17 heteroatoms. The first-order valence-electron chi connectivity index (χ1n) is 13.2. The van der Waals surface area contributed by atoms with Crippen LogP contribution in [0.3, 0.4) is 0 Å². The van der Waals surface area contributed by atoms with Gasteiger partial charge < -0.3 is 10.2 Å². The summed E-state index contributed by atoms with van der Waals surface area (Å²) in [5.74, 6) is 0. The van der Waals surface area contributed by atoms with Gasteiger partial charge in [-0.3, -0.25) is 25.3 Å². The second-order valence-corrected chi connectivity index (χ2v) is 10.3. The Kier molecular flexibility index (Phi) is 10.1. The molecule has 0 saturated carbocycles. The standard InChI is InChI=1S/C26H31F5N10O2/c1-25(2,28)16-3-6-32-19(9-16)11-34-23(42)21-14-40(38-36-21)8-5-18(27)13-41-15-22(37-39-41)24(43)35-12-20-10-17(4-7-33-20)26(29,30)31/h3-4,6-7,9-10,14-15,18,23-24,34-35,42-43H,5,8,11-13H2,1-2H3. The van der Waals surface area contributed by atoms with E-state index in [1.54, 1.807) is 12.1 Å². The van der Waals surface area contributed by atoms with Gasteiger partial charge in [0.1, 0.15) is 23.2 Å². The lowest BCUT2D eigenvalue weighted by Gasteiger charge is -2.16. The molecule has 3 unspecified atom stereocenters. The fourth-order valence-electron chi connectivity index (χ4n) is 3.95. The van der Waals surface area contributed by atoms with E-state index in [1.165, 1.54) is 41.8 Å². The Bertz CT molecular complexity index is 1470. The number of aliphatic hydroxyl groups is 2. The molecule has 4 aromatic heterocycles. The van der Waals surface area contributed by atoms with Crippen molar-refractivity contribution in [3.05, 3.63) is 83.0 Å². The van der Waals surface area contributed by atoms with Crippen LogP contribution < -0.4 is 10.6 Å². The van der Waals surface area contributed by atoms with Crippen LogP contribution in [0.1, 0.15) is 66.6 Å². The van der Waals surface area contributed by atoms with E-state index in [2.05, 4.69) is 41.2 Å². The third kappa shape index (κ3) is 9.28. The lowest BCUT2D eigenvalue weighted by Crippen LogP contribution is -2.22. The molecule has 4 N–H and O–H groups in total. The van der Waals surface area contributed by atoms with Crippen LogP contribution in [0.2, 0.25) is 0 Å². The fourth-order valence-corrected chi connectivity index (χ4v) is 3.95. The Morgan fingerprint density at radius 1 is 0.814 bits per heavy atom. The number of nitrogens with zero attached hydrogens (tertiary/aromatic N) is 8. The van der Waals surface area contributed by atoms with E-state index in [0.717, 1.165) is 18.3 Å². The molecule has 0 radical (unpaired) electrons. The van der Waals surface area contributed by atoms with Crippen molar-refractivity contribution in [3.63, 3.8) is 0 Å². The molecule has 0 aliphatic rings. The predicted octanol–water partition coefficient (Wildman–Crippen LogP) is 2.87. The second-order valence-electron chi connectivity index (χ2n) is 10.3. The van der Waals surface area contributed by atoms with Crippen molar-refractivity contribution in [2.24, 2.45) is 0 Å². The molecular formula is C26H31F5N10O2. The molecule has 0 bridgehead atoms. The van der Waals surface area contributed by atoms with Crippen molar-refractivity contribution >= 4 is 0 Å². The van der Waals surface area contributed by atoms with Crippen LogP contribution in [-0.2, 0) is 38.0 Å². The van der Waals surface area contributed by atoms with Gasteiger partial charge in [-0.1, -0.05) is 10.4 Å². The van der Waals surface area contributed by atoms with Gasteiger partial charge in [0.25, 0.3) is 0 Å². The van der Waals surface area contributed by atoms with Crippen LogP contribution in [0.5, 0.6) is 0 Å². The van der Waals surface area contributed by atoms with E-state index in [4.69, 9.17) is 0 Å². The van der Waals surface area contributed by atoms with Crippen LogP contribution in [0.25, 0.3) is 0 Å². The number of nitrogens with one attached hydrogen (secondary N) is 2. The Labute approximate surface area is 243 Å². The van der Waals surface area contributed by atoms with Crippen LogP contribution >= 0.6 is 0 Å². The maximum Gasteiger partial charge on any atom is 0.416 e. The number of hydrogen-bond donors (Lipinski definition) is 4. The van der Waals surface area contributed by atoms with Crippen molar-refractivity contribution < 1.29 is 32.2 Å². The highest BCUT2D eigenvalue weighted by molar-refractivity contribution is 5.22. The molecule has 232 valence electrons. The van der Waals surface area contributed by atoms with Crippen molar-refractivity contribution in [1.29, 1.82) is 0 Å². The van der Waals surface area contributed by atoms with E-state index >= 15 is 0 Å². The largest absolute Gasteiger partial charge is 0.416 e. The Morgan fingerprint density at radius 3 is 1.88 bits per heavy atom. The van der Waals surface area contributed by atoms with Gasteiger partial charge in [-0.15, -0.1) is 10.2 Å². The maximum atomic E-state index is 14.7. The van der Waals surface area contributed by atoms with E-state index in [0.29, 0.717) is 11.3 Å². The minimum absolute atomic E-state index is 0.0270. The molecule has 0 aromatic carbocycles. The number of halogens is 5. The monoisotopic (exact) mass is 610 g/mol. The quantitative estimate of drug-likeness (QED) is 0.124. The smallest absolute Gasteiger partial charge is 0.373 e. The Hall–Kier alpha value is -3.93. The molecule has 0 fully saturated rings. The van der Waals surface area contributed by atoms with Crippen LogP contribution in [0, 0.1) is 0 Å². The first-order chi connectivity index (χ1) is 20.3. The molecule has 3 atom stereocenters. The average Bonchev–Trinajstić information content (AvgIpc) is 3.63. The summed E-state index contributed by atoms with van der Waals surface area (Å²) < 4.78 is 70.0. The lowest BCUT2D eigenvalue weighted by atomic mass is 10.0.